The van der Waals surface area contributed by atoms with E-state index in [2.05, 4.69) is 5.10 Å². The highest BCUT2D eigenvalue weighted by Gasteiger charge is 2.07. The minimum atomic E-state index is 0.829. The Bertz CT molecular complexity index is 471. The van der Waals surface area contributed by atoms with Gasteiger partial charge in [-0.05, 0) is 19.4 Å². The first-order valence-electron chi connectivity index (χ1n) is 4.29. The quantitative estimate of drug-likeness (QED) is 0.539. The van der Waals surface area contributed by atoms with Crippen molar-refractivity contribution in [3.63, 3.8) is 0 Å². The predicted molar refractivity (Wildman–Crippen MR) is 55.6 cm³/mol. The number of aromatic nitrogens is 2. The first-order valence-corrected chi connectivity index (χ1v) is 4.29. The molecule has 0 amide bonds. The standard InChI is InChI=1S/C10H11BN2/c1-6-9(11)5-4-8-7(2)12-13(3)10(6)8/h4-5H,1-3H3. The number of nitrogens with zero attached hydrogens (tertiary/aromatic N) is 2. The topological polar surface area (TPSA) is 17.8 Å². The molecule has 64 valence electrons. The van der Waals surface area contributed by atoms with Gasteiger partial charge in [-0.25, -0.2) is 0 Å². The van der Waals surface area contributed by atoms with Crippen LogP contribution in [0.15, 0.2) is 12.1 Å². The van der Waals surface area contributed by atoms with Crippen LogP contribution in [0.4, 0.5) is 0 Å². The van der Waals surface area contributed by atoms with Gasteiger partial charge >= 0.3 is 0 Å². The minimum absolute atomic E-state index is 0.829. The number of aryl methyl sites for hydroxylation is 3. The predicted octanol–water partition coefficient (Wildman–Crippen LogP) is 0.984. The molecule has 2 rings (SSSR count). The Morgan fingerprint density at radius 2 is 2.00 bits per heavy atom. The van der Waals surface area contributed by atoms with Gasteiger partial charge in [0.15, 0.2) is 0 Å². The second-order valence-corrected chi connectivity index (χ2v) is 3.38. The van der Waals surface area contributed by atoms with Gasteiger partial charge in [-0.2, -0.15) is 5.10 Å². The van der Waals surface area contributed by atoms with Gasteiger partial charge in [-0.15, -0.1) is 0 Å². The molecule has 1 aromatic carbocycles. The highest BCUT2D eigenvalue weighted by atomic mass is 15.3. The molecule has 0 aliphatic rings. The Kier molecular flexibility index (Phi) is 1.69. The Balaban J connectivity index is 2.98. The fourth-order valence-corrected chi connectivity index (χ4v) is 1.75. The Morgan fingerprint density at radius 3 is 2.69 bits per heavy atom. The maximum Gasteiger partial charge on any atom is 0.114 e. The third-order valence-electron chi connectivity index (χ3n) is 2.49. The van der Waals surface area contributed by atoms with E-state index in [9.17, 15) is 0 Å². The van der Waals surface area contributed by atoms with Crippen molar-refractivity contribution in [2.45, 2.75) is 13.8 Å². The summed E-state index contributed by atoms with van der Waals surface area (Å²) >= 11 is 0. The zero-order valence-electron chi connectivity index (χ0n) is 8.13. The van der Waals surface area contributed by atoms with Crippen LogP contribution in [0, 0.1) is 13.8 Å². The van der Waals surface area contributed by atoms with Crippen LogP contribution in [0.3, 0.4) is 0 Å². The fourth-order valence-electron chi connectivity index (χ4n) is 1.75. The molecule has 2 nitrogen and oxygen atoms in total. The van der Waals surface area contributed by atoms with Crippen LogP contribution in [-0.2, 0) is 7.05 Å². The number of hydrogen-bond donors (Lipinski definition) is 0. The zero-order chi connectivity index (χ0) is 9.59. The Labute approximate surface area is 79.0 Å². The van der Waals surface area contributed by atoms with Gasteiger partial charge in [0.2, 0.25) is 0 Å². The molecule has 0 bridgehead atoms. The van der Waals surface area contributed by atoms with Crippen LogP contribution in [0.1, 0.15) is 11.3 Å². The molecule has 2 aromatic rings. The molecule has 0 fully saturated rings. The lowest BCUT2D eigenvalue weighted by molar-refractivity contribution is 0.781. The van der Waals surface area contributed by atoms with Crippen LogP contribution in [0.5, 0.6) is 0 Å². The largest absolute Gasteiger partial charge is 0.267 e. The van der Waals surface area contributed by atoms with Gasteiger partial charge in [0.05, 0.1) is 11.2 Å². The van der Waals surface area contributed by atoms with E-state index in [4.69, 9.17) is 7.85 Å². The maximum absolute atomic E-state index is 5.82. The van der Waals surface area contributed by atoms with Crippen LogP contribution >= 0.6 is 0 Å². The van der Waals surface area contributed by atoms with E-state index in [0.29, 0.717) is 0 Å². The molecule has 0 aliphatic heterocycles. The molecule has 0 saturated carbocycles. The lowest BCUT2D eigenvalue weighted by Gasteiger charge is -2.03. The van der Waals surface area contributed by atoms with Crippen LogP contribution in [0.2, 0.25) is 0 Å². The SMILES string of the molecule is [B]c1ccc2c(C)nn(C)c2c1C. The van der Waals surface area contributed by atoms with Crippen LogP contribution in [0.25, 0.3) is 10.9 Å². The number of benzene rings is 1. The second-order valence-electron chi connectivity index (χ2n) is 3.38. The molecule has 3 heteroatoms. The van der Waals surface area contributed by atoms with Gasteiger partial charge in [-0.3, -0.25) is 4.68 Å². The monoisotopic (exact) mass is 170 g/mol. The third-order valence-corrected chi connectivity index (χ3v) is 2.49. The first kappa shape index (κ1) is 8.36. The average Bonchev–Trinajstić information content (AvgIpc) is 2.35. The minimum Gasteiger partial charge on any atom is -0.267 e. The van der Waals surface area contributed by atoms with Crippen molar-refractivity contribution in [2.24, 2.45) is 7.05 Å². The van der Waals surface area contributed by atoms with Crippen molar-refractivity contribution in [3.8, 4) is 0 Å². The van der Waals surface area contributed by atoms with E-state index in [1.807, 2.05) is 37.7 Å². The normalized spacial score (nSPS) is 11.0. The summed E-state index contributed by atoms with van der Waals surface area (Å²) in [5.74, 6) is 0. The van der Waals surface area contributed by atoms with E-state index in [1.54, 1.807) is 0 Å². The van der Waals surface area contributed by atoms with Crippen molar-refractivity contribution in [1.29, 1.82) is 0 Å². The van der Waals surface area contributed by atoms with Gasteiger partial charge in [0.25, 0.3) is 0 Å². The summed E-state index contributed by atoms with van der Waals surface area (Å²) in [6, 6.07) is 3.96. The summed E-state index contributed by atoms with van der Waals surface area (Å²) in [5, 5.41) is 5.54. The maximum atomic E-state index is 5.82. The Morgan fingerprint density at radius 1 is 1.31 bits per heavy atom. The first-order chi connectivity index (χ1) is 6.11. The molecule has 0 spiro atoms. The third kappa shape index (κ3) is 1.07. The summed E-state index contributed by atoms with van der Waals surface area (Å²) in [6.07, 6.45) is 0. The highest BCUT2D eigenvalue weighted by molar-refractivity contribution is 6.34. The molecule has 0 N–H and O–H groups in total. The van der Waals surface area contributed by atoms with E-state index in [-0.39, 0.29) is 0 Å². The molecule has 1 heterocycles. The summed E-state index contributed by atoms with van der Waals surface area (Å²) in [7, 11) is 7.77. The van der Waals surface area contributed by atoms with Crippen molar-refractivity contribution < 1.29 is 0 Å². The van der Waals surface area contributed by atoms with Crippen molar-refractivity contribution in [3.05, 3.63) is 23.4 Å². The van der Waals surface area contributed by atoms with Crippen LogP contribution < -0.4 is 5.46 Å². The summed E-state index contributed by atoms with van der Waals surface area (Å²) < 4.78 is 1.89. The van der Waals surface area contributed by atoms with Crippen molar-refractivity contribution in [2.75, 3.05) is 0 Å². The average molecular weight is 170 g/mol. The van der Waals surface area contributed by atoms with Crippen LogP contribution in [-0.4, -0.2) is 17.6 Å². The lowest BCUT2D eigenvalue weighted by Crippen LogP contribution is -2.08. The lowest BCUT2D eigenvalue weighted by atomic mass is 9.90. The summed E-state index contributed by atoms with van der Waals surface area (Å²) in [4.78, 5) is 0. The van der Waals surface area contributed by atoms with Gasteiger partial charge < -0.3 is 0 Å². The molecule has 13 heavy (non-hydrogen) atoms. The molecule has 0 aliphatic carbocycles. The van der Waals surface area contributed by atoms with Gasteiger partial charge in [-0.1, -0.05) is 17.6 Å². The second kappa shape index (κ2) is 2.62. The zero-order valence-corrected chi connectivity index (χ0v) is 8.13. The molecular formula is C10H11BN2. The van der Waals surface area contributed by atoms with E-state index < -0.39 is 0 Å². The van der Waals surface area contributed by atoms with Crippen molar-refractivity contribution in [1.82, 2.24) is 9.78 Å². The molecular weight excluding hydrogens is 159 g/mol. The molecule has 0 unspecified atom stereocenters. The van der Waals surface area contributed by atoms with Crippen molar-refractivity contribution >= 4 is 24.2 Å². The fraction of sp³-hybridized carbons (Fsp3) is 0.300. The number of fused-ring (bicyclic) bond motifs is 1. The molecule has 0 atom stereocenters. The molecule has 1 aromatic heterocycles. The summed E-state index contributed by atoms with van der Waals surface area (Å²) in [5.41, 5.74) is 4.13. The highest BCUT2D eigenvalue weighted by Crippen LogP contribution is 2.18. The molecule has 0 saturated heterocycles. The smallest absolute Gasteiger partial charge is 0.114 e. The van der Waals surface area contributed by atoms with E-state index in [1.165, 1.54) is 5.39 Å². The van der Waals surface area contributed by atoms with E-state index >= 15 is 0 Å². The number of hydrogen-bond acceptors (Lipinski definition) is 1. The van der Waals surface area contributed by atoms with E-state index in [0.717, 1.165) is 22.2 Å². The number of rotatable bonds is 0. The Hall–Kier alpha value is -1.25. The van der Waals surface area contributed by atoms with Gasteiger partial charge in [0, 0.05) is 12.4 Å². The summed E-state index contributed by atoms with van der Waals surface area (Å²) in [6.45, 7) is 4.04. The van der Waals surface area contributed by atoms with Gasteiger partial charge in [0.1, 0.15) is 7.85 Å². The molecule has 2 radical (unpaired) electrons.